The molecule has 18 heavy (non-hydrogen) atoms. The zero-order chi connectivity index (χ0) is 13.1. The molecule has 0 atom stereocenters. The van der Waals surface area contributed by atoms with Crippen molar-refractivity contribution in [3.05, 3.63) is 57.2 Å². The molecule has 3 nitrogen and oxygen atoms in total. The van der Waals surface area contributed by atoms with Crippen LogP contribution in [0.2, 0.25) is 0 Å². The van der Waals surface area contributed by atoms with Gasteiger partial charge in [-0.15, -0.1) is 0 Å². The van der Waals surface area contributed by atoms with E-state index in [0.29, 0.717) is 16.9 Å². The fourth-order valence-corrected chi connectivity index (χ4v) is 2.15. The standard InChI is InChI=1S/C14H13IN2O/c1-9-5-6-12(16)13(7-9)17-14(18)10-3-2-4-11(15)8-10/h2-8H,16H2,1H3,(H,17,18). The summed E-state index contributed by atoms with van der Waals surface area (Å²) in [4.78, 5) is 12.1. The molecule has 0 aliphatic rings. The summed E-state index contributed by atoms with van der Waals surface area (Å²) < 4.78 is 1.03. The molecule has 92 valence electrons. The maximum Gasteiger partial charge on any atom is 0.255 e. The number of nitrogens with one attached hydrogen (secondary N) is 1. The summed E-state index contributed by atoms with van der Waals surface area (Å²) in [5.41, 5.74) is 8.74. The van der Waals surface area contributed by atoms with Crippen LogP contribution in [0.25, 0.3) is 0 Å². The van der Waals surface area contributed by atoms with Crippen molar-refractivity contribution in [2.75, 3.05) is 11.1 Å². The van der Waals surface area contributed by atoms with Gasteiger partial charge < -0.3 is 11.1 Å². The average Bonchev–Trinajstić information content (AvgIpc) is 2.34. The Balaban J connectivity index is 2.24. The molecule has 3 N–H and O–H groups in total. The van der Waals surface area contributed by atoms with Crippen molar-refractivity contribution in [1.29, 1.82) is 0 Å². The van der Waals surface area contributed by atoms with E-state index in [1.54, 1.807) is 12.1 Å². The molecule has 2 aromatic carbocycles. The van der Waals surface area contributed by atoms with Gasteiger partial charge in [-0.3, -0.25) is 4.79 Å². The van der Waals surface area contributed by atoms with Crippen LogP contribution in [0, 0.1) is 10.5 Å². The number of rotatable bonds is 2. The Morgan fingerprint density at radius 1 is 1.22 bits per heavy atom. The zero-order valence-corrected chi connectivity index (χ0v) is 12.1. The maximum atomic E-state index is 12.1. The molecule has 0 saturated carbocycles. The maximum absolute atomic E-state index is 12.1. The van der Waals surface area contributed by atoms with Crippen LogP contribution in [-0.2, 0) is 0 Å². The summed E-state index contributed by atoms with van der Waals surface area (Å²) in [5.74, 6) is -0.147. The summed E-state index contributed by atoms with van der Waals surface area (Å²) in [5, 5.41) is 2.83. The molecule has 0 radical (unpaired) electrons. The third-order valence-electron chi connectivity index (χ3n) is 2.54. The number of hydrogen-bond acceptors (Lipinski definition) is 2. The predicted octanol–water partition coefficient (Wildman–Crippen LogP) is 3.43. The second-order valence-electron chi connectivity index (χ2n) is 4.06. The number of aryl methyl sites for hydroxylation is 1. The molecule has 0 saturated heterocycles. The van der Waals surface area contributed by atoms with E-state index < -0.39 is 0 Å². The first-order valence-electron chi connectivity index (χ1n) is 5.49. The number of nitrogens with two attached hydrogens (primary N) is 1. The van der Waals surface area contributed by atoms with Gasteiger partial charge >= 0.3 is 0 Å². The molecule has 0 heterocycles. The molecule has 0 fully saturated rings. The SMILES string of the molecule is Cc1ccc(N)c(NC(=O)c2cccc(I)c2)c1. The molecule has 0 aliphatic heterocycles. The second kappa shape index (κ2) is 5.39. The fraction of sp³-hybridized carbons (Fsp3) is 0.0714. The van der Waals surface area contributed by atoms with Crippen LogP contribution in [-0.4, -0.2) is 5.91 Å². The van der Waals surface area contributed by atoms with E-state index in [0.717, 1.165) is 9.13 Å². The van der Waals surface area contributed by atoms with Crippen LogP contribution in [0.15, 0.2) is 42.5 Å². The van der Waals surface area contributed by atoms with Crippen molar-refractivity contribution < 1.29 is 4.79 Å². The van der Waals surface area contributed by atoms with Crippen LogP contribution < -0.4 is 11.1 Å². The van der Waals surface area contributed by atoms with E-state index in [2.05, 4.69) is 27.9 Å². The van der Waals surface area contributed by atoms with E-state index in [1.807, 2.05) is 37.3 Å². The summed E-state index contributed by atoms with van der Waals surface area (Å²) >= 11 is 2.18. The van der Waals surface area contributed by atoms with Gasteiger partial charge in [0.05, 0.1) is 11.4 Å². The van der Waals surface area contributed by atoms with Gasteiger partial charge in [0.25, 0.3) is 5.91 Å². The van der Waals surface area contributed by atoms with E-state index in [4.69, 9.17) is 5.73 Å². The topological polar surface area (TPSA) is 55.1 Å². The minimum absolute atomic E-state index is 0.147. The van der Waals surface area contributed by atoms with Crippen LogP contribution >= 0.6 is 22.6 Å². The Labute approximate surface area is 120 Å². The molecule has 0 aliphatic carbocycles. The van der Waals surface area contributed by atoms with Gasteiger partial charge in [-0.25, -0.2) is 0 Å². The number of benzene rings is 2. The van der Waals surface area contributed by atoms with E-state index >= 15 is 0 Å². The summed E-state index contributed by atoms with van der Waals surface area (Å²) in [7, 11) is 0. The summed E-state index contributed by atoms with van der Waals surface area (Å²) in [6, 6.07) is 13.0. The second-order valence-corrected chi connectivity index (χ2v) is 5.30. The Morgan fingerprint density at radius 3 is 2.72 bits per heavy atom. The van der Waals surface area contributed by atoms with Gasteiger partial charge in [-0.05, 0) is 65.4 Å². The number of hydrogen-bond donors (Lipinski definition) is 2. The fourth-order valence-electron chi connectivity index (χ4n) is 1.60. The monoisotopic (exact) mass is 352 g/mol. The predicted molar refractivity (Wildman–Crippen MR) is 82.7 cm³/mol. The third kappa shape index (κ3) is 3.01. The summed E-state index contributed by atoms with van der Waals surface area (Å²) in [6.07, 6.45) is 0. The minimum Gasteiger partial charge on any atom is -0.397 e. The smallest absolute Gasteiger partial charge is 0.255 e. The highest BCUT2D eigenvalue weighted by atomic mass is 127. The average molecular weight is 352 g/mol. The van der Waals surface area contributed by atoms with Crippen molar-refractivity contribution in [3.63, 3.8) is 0 Å². The highest BCUT2D eigenvalue weighted by Gasteiger charge is 2.08. The lowest BCUT2D eigenvalue weighted by Crippen LogP contribution is -2.13. The molecule has 0 spiro atoms. The number of halogens is 1. The zero-order valence-electron chi connectivity index (χ0n) is 9.91. The van der Waals surface area contributed by atoms with Crippen LogP contribution in [0.1, 0.15) is 15.9 Å². The number of carbonyl (C=O) groups is 1. The Hall–Kier alpha value is -1.56. The van der Waals surface area contributed by atoms with Crippen LogP contribution in [0.5, 0.6) is 0 Å². The highest BCUT2D eigenvalue weighted by Crippen LogP contribution is 2.20. The van der Waals surface area contributed by atoms with Gasteiger partial charge in [0, 0.05) is 9.13 Å². The van der Waals surface area contributed by atoms with Crippen molar-refractivity contribution in [2.45, 2.75) is 6.92 Å². The lowest BCUT2D eigenvalue weighted by molar-refractivity contribution is 0.102. The lowest BCUT2D eigenvalue weighted by atomic mass is 10.1. The Bertz CT molecular complexity index is 596. The van der Waals surface area contributed by atoms with Gasteiger partial charge in [0.2, 0.25) is 0 Å². The normalized spacial score (nSPS) is 10.1. The van der Waals surface area contributed by atoms with Crippen molar-refractivity contribution in [1.82, 2.24) is 0 Å². The molecule has 1 amide bonds. The minimum atomic E-state index is -0.147. The quantitative estimate of drug-likeness (QED) is 0.643. The van der Waals surface area contributed by atoms with Gasteiger partial charge in [-0.2, -0.15) is 0 Å². The number of nitrogen functional groups attached to an aromatic ring is 1. The number of amides is 1. The van der Waals surface area contributed by atoms with E-state index in [-0.39, 0.29) is 5.91 Å². The first kappa shape index (κ1) is 12.9. The van der Waals surface area contributed by atoms with Gasteiger partial charge in [-0.1, -0.05) is 12.1 Å². The molecule has 2 rings (SSSR count). The largest absolute Gasteiger partial charge is 0.397 e. The third-order valence-corrected chi connectivity index (χ3v) is 3.21. The lowest BCUT2D eigenvalue weighted by Gasteiger charge is -2.09. The van der Waals surface area contributed by atoms with Gasteiger partial charge in [0.1, 0.15) is 0 Å². The molecular weight excluding hydrogens is 339 g/mol. The van der Waals surface area contributed by atoms with Crippen LogP contribution in [0.4, 0.5) is 11.4 Å². The molecular formula is C14H13IN2O. The van der Waals surface area contributed by atoms with E-state index in [1.165, 1.54) is 0 Å². The Morgan fingerprint density at radius 2 is 2.00 bits per heavy atom. The molecule has 0 unspecified atom stereocenters. The highest BCUT2D eigenvalue weighted by molar-refractivity contribution is 14.1. The first-order valence-corrected chi connectivity index (χ1v) is 6.57. The molecule has 4 heteroatoms. The summed E-state index contributed by atoms with van der Waals surface area (Å²) in [6.45, 7) is 1.96. The van der Waals surface area contributed by atoms with Crippen molar-refractivity contribution in [2.24, 2.45) is 0 Å². The van der Waals surface area contributed by atoms with E-state index in [9.17, 15) is 4.79 Å². The first-order chi connectivity index (χ1) is 8.56. The van der Waals surface area contributed by atoms with Crippen molar-refractivity contribution in [3.8, 4) is 0 Å². The molecule has 0 aromatic heterocycles. The Kier molecular flexibility index (Phi) is 3.86. The molecule has 0 bridgehead atoms. The van der Waals surface area contributed by atoms with Gasteiger partial charge in [0.15, 0.2) is 0 Å². The number of anilines is 2. The van der Waals surface area contributed by atoms with Crippen molar-refractivity contribution >= 4 is 39.9 Å². The van der Waals surface area contributed by atoms with Crippen LogP contribution in [0.3, 0.4) is 0 Å². The number of carbonyl (C=O) groups excluding carboxylic acids is 1. The molecule has 2 aromatic rings.